The third kappa shape index (κ3) is 28.6. The molecule has 1 aromatic carbocycles. The molecule has 9 aliphatic heterocycles. The predicted molar refractivity (Wildman–Crippen MR) is 425 cm³/mol. The molecule has 30 nitrogen and oxygen atoms in total. The van der Waals surface area contributed by atoms with Crippen LogP contribution in [-0.2, 0) is 193 Å². The SMILES string of the molecule is CC1CC2(CCC1=O)OCCO2.CC1CC2(CCC1=O)OCCO2.CC1CCC(=O)CC1O.CC1CCC2(CC1C)OCCO2.CC1CCC2(CC1O)OCCO2.C[Si](C)(C)OC12CCC3(CC1O2)OCCO3.Cc1ccc(S(=O)(=O)OC2CC3(CCC2=O)OCCO3)cc1.O=C1CCC2(CC1)OCCO2.O=C1CCC2(CC1O)OCCO2.[Y].[Y]. The summed E-state index contributed by atoms with van der Waals surface area (Å²) >= 11 is 0. The topological polar surface area (TPSA) is 376 Å². The number of aryl methyl sites for hydroxylation is 1. The third-order valence-corrected chi connectivity index (χ3v) is 28.3. The molecule has 1 aromatic rings. The number of carbonyl (C=O) groups excluding carboxylic acids is 6. The van der Waals surface area contributed by atoms with Gasteiger partial charge in [0.2, 0.25) is 0 Å². The minimum Gasteiger partial charge on any atom is -0.393 e. The number of fused-ring (bicyclic) bond motifs is 1. The van der Waals surface area contributed by atoms with Crippen molar-refractivity contribution in [2.45, 2.75) is 335 Å². The second-order valence-corrected chi connectivity index (χ2v) is 42.4. The van der Waals surface area contributed by atoms with Gasteiger partial charge in [0, 0.05) is 238 Å². The third-order valence-electron chi connectivity index (χ3n) is 26.0. The first-order valence-electron chi connectivity index (χ1n) is 43.7. The van der Waals surface area contributed by atoms with E-state index in [9.17, 15) is 47.4 Å². The van der Waals surface area contributed by atoms with E-state index in [-0.39, 0.29) is 154 Å². The monoisotopic (exact) mass is 1890 g/mol. The van der Waals surface area contributed by atoms with E-state index < -0.39 is 59.6 Å². The Hall–Kier alpha value is -1.27. The number of aliphatic hydroxyl groups is 3. The van der Waals surface area contributed by atoms with E-state index in [1.807, 2.05) is 27.7 Å². The molecule has 9 heterocycles. The summed E-state index contributed by atoms with van der Waals surface area (Å²) < 4.78 is 130. The van der Waals surface area contributed by atoms with E-state index in [4.69, 9.17) is 94.2 Å². The van der Waals surface area contributed by atoms with Crippen molar-refractivity contribution in [3.05, 3.63) is 29.8 Å². The average molecular weight is 1890 g/mol. The van der Waals surface area contributed by atoms with Crippen LogP contribution in [0.5, 0.6) is 0 Å². The molecule has 0 bridgehead atoms. The van der Waals surface area contributed by atoms with Crippen molar-refractivity contribution >= 4 is 53.1 Å². The minimum atomic E-state index is -3.99. The van der Waals surface area contributed by atoms with Gasteiger partial charge in [-0.3, -0.25) is 33.0 Å². The van der Waals surface area contributed by atoms with Crippen LogP contribution in [0.3, 0.4) is 0 Å². The summed E-state index contributed by atoms with van der Waals surface area (Å²) in [6, 6.07) is 6.31. The van der Waals surface area contributed by atoms with Crippen LogP contribution in [-0.4, -0.2) is 255 Å². The van der Waals surface area contributed by atoms with Gasteiger partial charge in [-0.2, -0.15) is 8.42 Å². The largest absolute Gasteiger partial charge is 0.393 e. The number of hydrogen-bond donors (Lipinski definition) is 3. The number of hydrogen-bond acceptors (Lipinski definition) is 30. The summed E-state index contributed by atoms with van der Waals surface area (Å²) in [4.78, 5) is 67.0. The van der Waals surface area contributed by atoms with Gasteiger partial charge in [-0.25, -0.2) is 0 Å². The Kier molecular flexibility index (Phi) is 38.5. The van der Waals surface area contributed by atoms with Crippen molar-refractivity contribution in [1.82, 2.24) is 0 Å². The molecule has 9 aliphatic carbocycles. The zero-order valence-electron chi connectivity index (χ0n) is 72.7. The first-order valence-corrected chi connectivity index (χ1v) is 48.5. The first kappa shape index (κ1) is 102. The zero-order chi connectivity index (χ0) is 84.8. The number of benzene rings is 1. The van der Waals surface area contributed by atoms with Crippen molar-refractivity contribution in [1.29, 1.82) is 0 Å². The smallest absolute Gasteiger partial charge is 0.297 e. The first-order chi connectivity index (χ1) is 55.9. The molecule has 2 radical (unpaired) electrons. The summed E-state index contributed by atoms with van der Waals surface area (Å²) in [5.41, 5.74) is 0.944. The van der Waals surface area contributed by atoms with E-state index in [0.717, 1.165) is 121 Å². The van der Waals surface area contributed by atoms with E-state index in [2.05, 4.69) is 40.4 Å². The molecule has 8 spiro atoms. The van der Waals surface area contributed by atoms with Crippen LogP contribution >= 0.6 is 0 Å². The number of ether oxygens (including phenoxy) is 17. The van der Waals surface area contributed by atoms with Gasteiger partial charge in [-0.1, -0.05) is 59.2 Å². The number of epoxide rings is 1. The summed E-state index contributed by atoms with van der Waals surface area (Å²) in [6.07, 6.45) is 17.1. The molecule has 120 heavy (non-hydrogen) atoms. The molecule has 0 aromatic heterocycles. The zero-order valence-corrected chi connectivity index (χ0v) is 80.2. The van der Waals surface area contributed by atoms with Crippen molar-refractivity contribution in [2.75, 3.05) is 106 Å². The maximum atomic E-state index is 12.3. The Morgan fingerprint density at radius 1 is 0.367 bits per heavy atom. The van der Waals surface area contributed by atoms with Gasteiger partial charge >= 0.3 is 0 Å². The fraction of sp³-hybridized carbons (Fsp3) is 0.860. The normalized spacial score (nSPS) is 33.9. The maximum Gasteiger partial charge on any atom is 0.297 e. The van der Waals surface area contributed by atoms with Crippen LogP contribution in [0.2, 0.25) is 19.6 Å². The number of Topliss-reactive ketones (excluding diaryl/α,β-unsaturated/α-hetero) is 6. The van der Waals surface area contributed by atoms with Crippen LogP contribution in [0, 0.1) is 42.4 Å². The quantitative estimate of drug-likeness (QED) is 0.140. The standard InChI is InChI=1S/C15H18O6S.C11H20O4Si.C10H18O2.2C9H14O3.C9H16O3.C8H12O4.C8H12O3.C7H12O2.2Y/c1-11-2-4-12(5-3-11)22(17,18)21-14-10-15(7-6-13(14)16)19-8-9-20-15;1-16(2,3)15-11-5-4-10(8-9(11)14-11)12-6-7-13-10;1-8-3-4-10(7-9(8)2)11-5-6-12-10;2*1-7-6-9(3-2-8(7)10)11-4-5-12-9;1-7-2-3-9(6-8(7)10)11-4-5-12-9;9-6-1-2-8(5-7(6)10)11-3-4-12-8;9-7-1-3-8(4-2-7)10-5-6-11-8;1-5-2-3-6(8)4-7(5)9;;/h2-5,14H,6-10H2,1H3;9H,4-8H2,1-3H3;8-9H,3-7H2,1-2H3;2*7H,2-6H2,1H3;7-8,10H,2-6H2,1H3;7,10H,1-5H2;1-6H2;5,7,9H,2-4H2,1H3;;. The minimum absolute atomic E-state index is 0. The van der Waals surface area contributed by atoms with E-state index >= 15 is 0 Å². The Balaban J connectivity index is 0.000000155. The summed E-state index contributed by atoms with van der Waals surface area (Å²) in [7, 11) is -5.52. The van der Waals surface area contributed by atoms with Gasteiger partial charge in [-0.15, -0.1) is 0 Å². The fourth-order valence-corrected chi connectivity index (χ4v) is 20.8. The van der Waals surface area contributed by atoms with Crippen LogP contribution in [0.25, 0.3) is 0 Å². The maximum absolute atomic E-state index is 12.3. The molecule has 676 valence electrons. The average Bonchev–Trinajstić information content (AvgIpc) is 1.56. The molecular weight excluding hydrogens is 1750 g/mol. The predicted octanol–water partition coefficient (Wildman–Crippen LogP) is 10.2. The van der Waals surface area contributed by atoms with Gasteiger partial charge in [0.25, 0.3) is 10.1 Å². The van der Waals surface area contributed by atoms with Gasteiger partial charge in [-0.05, 0) is 81.6 Å². The summed E-state index contributed by atoms with van der Waals surface area (Å²) in [5.74, 6) is -0.491. The fourth-order valence-electron chi connectivity index (χ4n) is 18.4. The van der Waals surface area contributed by atoms with Crippen LogP contribution in [0.15, 0.2) is 29.2 Å². The van der Waals surface area contributed by atoms with E-state index in [0.29, 0.717) is 192 Å². The van der Waals surface area contributed by atoms with Gasteiger partial charge in [0.15, 0.2) is 72.0 Å². The molecule has 3 N–H and O–H groups in total. The number of rotatable bonds is 5. The molecule has 18 fully saturated rings. The molecular formula is C86H136O30SSiY2. The second kappa shape index (κ2) is 45.0. The van der Waals surface area contributed by atoms with Crippen LogP contribution < -0.4 is 0 Å². The van der Waals surface area contributed by atoms with Crippen LogP contribution in [0.1, 0.15) is 227 Å². The molecule has 19 rings (SSSR count). The molecule has 9 saturated heterocycles. The molecule has 12 unspecified atom stereocenters. The molecule has 12 atom stereocenters. The van der Waals surface area contributed by atoms with Gasteiger partial charge < -0.3 is 100 Å². The van der Waals surface area contributed by atoms with Gasteiger partial charge in [0.1, 0.15) is 41.4 Å². The van der Waals surface area contributed by atoms with Gasteiger partial charge in [0.05, 0.1) is 123 Å². The number of carbonyl (C=O) groups is 6. The van der Waals surface area contributed by atoms with E-state index in [1.54, 1.807) is 12.1 Å². The van der Waals surface area contributed by atoms with Crippen LogP contribution in [0.4, 0.5) is 0 Å². The Morgan fingerprint density at radius 2 is 0.733 bits per heavy atom. The van der Waals surface area contributed by atoms with Crippen molar-refractivity contribution < 1.29 is 207 Å². The Bertz CT molecular complexity index is 3400. The number of aliphatic hydroxyl groups excluding tert-OH is 3. The molecule has 34 heteroatoms. The molecule has 0 amide bonds. The summed E-state index contributed by atoms with van der Waals surface area (Å²) in [5, 5.41) is 28.1. The second-order valence-electron chi connectivity index (χ2n) is 36.4. The summed E-state index contributed by atoms with van der Waals surface area (Å²) in [6.45, 7) is 31.6. The number of ketones is 6. The Labute approximate surface area is 760 Å². The van der Waals surface area contributed by atoms with E-state index in [1.165, 1.54) is 18.6 Å². The Morgan fingerprint density at radius 3 is 1.12 bits per heavy atom. The van der Waals surface area contributed by atoms with Crippen molar-refractivity contribution in [2.24, 2.45) is 35.5 Å². The van der Waals surface area contributed by atoms with Crippen molar-refractivity contribution in [3.63, 3.8) is 0 Å². The van der Waals surface area contributed by atoms with Crippen molar-refractivity contribution in [3.8, 4) is 0 Å². The molecule has 18 aliphatic rings. The molecule has 9 saturated carbocycles.